The van der Waals surface area contributed by atoms with E-state index in [9.17, 15) is 0 Å². The summed E-state index contributed by atoms with van der Waals surface area (Å²) in [5.74, 6) is 0. The number of hydrogen-bond acceptors (Lipinski definition) is 4. The number of pyridine rings is 2. The van der Waals surface area contributed by atoms with Crippen molar-refractivity contribution < 1.29 is 0 Å². The SMILES string of the molecule is Nc1cnc2n[nH]c(-c3ccncc3)c2c1. The second kappa shape index (κ2) is 3.30. The molecule has 3 aromatic heterocycles. The third-order valence-corrected chi connectivity index (χ3v) is 2.40. The molecule has 5 heteroatoms. The Morgan fingerprint density at radius 3 is 2.81 bits per heavy atom. The lowest BCUT2D eigenvalue weighted by atomic mass is 10.1. The van der Waals surface area contributed by atoms with E-state index >= 15 is 0 Å². The molecular formula is C11H9N5. The van der Waals surface area contributed by atoms with Gasteiger partial charge in [-0.25, -0.2) is 4.98 Å². The van der Waals surface area contributed by atoms with Crippen molar-refractivity contribution in [3.8, 4) is 11.3 Å². The standard InChI is InChI=1S/C11H9N5/c12-8-5-9-10(7-1-3-13-4-2-7)15-16-11(9)14-6-8/h1-6H,12H2,(H,14,15,16). The molecule has 0 aliphatic carbocycles. The minimum absolute atomic E-state index is 0.629. The molecular weight excluding hydrogens is 202 g/mol. The molecule has 5 nitrogen and oxygen atoms in total. The number of aromatic nitrogens is 4. The van der Waals surface area contributed by atoms with Gasteiger partial charge in [-0.15, -0.1) is 0 Å². The minimum atomic E-state index is 0.629. The van der Waals surface area contributed by atoms with Crippen molar-refractivity contribution in [1.29, 1.82) is 0 Å². The zero-order valence-corrected chi connectivity index (χ0v) is 8.38. The van der Waals surface area contributed by atoms with Crippen molar-refractivity contribution in [2.75, 3.05) is 5.73 Å². The highest BCUT2D eigenvalue weighted by Gasteiger charge is 2.08. The monoisotopic (exact) mass is 211 g/mol. The van der Waals surface area contributed by atoms with E-state index in [2.05, 4.69) is 20.2 Å². The second-order valence-electron chi connectivity index (χ2n) is 3.47. The molecule has 0 aliphatic rings. The van der Waals surface area contributed by atoms with Gasteiger partial charge in [0.15, 0.2) is 5.65 Å². The molecule has 16 heavy (non-hydrogen) atoms. The van der Waals surface area contributed by atoms with E-state index in [1.54, 1.807) is 18.6 Å². The van der Waals surface area contributed by atoms with E-state index < -0.39 is 0 Å². The van der Waals surface area contributed by atoms with Crippen molar-refractivity contribution in [3.05, 3.63) is 36.8 Å². The molecule has 0 bridgehead atoms. The topological polar surface area (TPSA) is 80.5 Å². The number of hydrogen-bond donors (Lipinski definition) is 2. The van der Waals surface area contributed by atoms with Crippen molar-refractivity contribution in [3.63, 3.8) is 0 Å². The molecule has 3 rings (SSSR count). The zero-order valence-electron chi connectivity index (χ0n) is 8.38. The van der Waals surface area contributed by atoms with Crippen LogP contribution >= 0.6 is 0 Å². The van der Waals surface area contributed by atoms with Gasteiger partial charge in [-0.1, -0.05) is 0 Å². The number of nitrogen functional groups attached to an aromatic ring is 1. The Balaban J connectivity index is 2.29. The van der Waals surface area contributed by atoms with Crippen molar-refractivity contribution >= 4 is 16.7 Å². The van der Waals surface area contributed by atoms with Crippen molar-refractivity contribution in [2.24, 2.45) is 0 Å². The van der Waals surface area contributed by atoms with Gasteiger partial charge in [0.2, 0.25) is 0 Å². The largest absolute Gasteiger partial charge is 0.397 e. The number of H-pyrrole nitrogens is 1. The Morgan fingerprint density at radius 2 is 2.00 bits per heavy atom. The number of rotatable bonds is 1. The normalized spacial score (nSPS) is 10.8. The lowest BCUT2D eigenvalue weighted by molar-refractivity contribution is 1.10. The van der Waals surface area contributed by atoms with Crippen LogP contribution in [0.4, 0.5) is 5.69 Å². The zero-order chi connectivity index (χ0) is 11.0. The van der Waals surface area contributed by atoms with E-state index in [0.29, 0.717) is 11.3 Å². The number of nitrogens with one attached hydrogen (secondary N) is 1. The van der Waals surface area contributed by atoms with Crippen LogP contribution < -0.4 is 5.73 Å². The maximum atomic E-state index is 5.71. The summed E-state index contributed by atoms with van der Waals surface area (Å²) < 4.78 is 0. The molecule has 0 radical (unpaired) electrons. The van der Waals surface area contributed by atoms with E-state index in [0.717, 1.165) is 16.6 Å². The Kier molecular flexibility index (Phi) is 1.83. The van der Waals surface area contributed by atoms with E-state index in [1.165, 1.54) is 0 Å². The lowest BCUT2D eigenvalue weighted by Crippen LogP contribution is -1.86. The molecule has 0 saturated heterocycles. The molecule has 3 heterocycles. The predicted molar refractivity (Wildman–Crippen MR) is 61.5 cm³/mol. The molecule has 0 unspecified atom stereocenters. The summed E-state index contributed by atoms with van der Waals surface area (Å²) in [6, 6.07) is 5.69. The average Bonchev–Trinajstić information content (AvgIpc) is 2.73. The summed E-state index contributed by atoms with van der Waals surface area (Å²) in [7, 11) is 0. The van der Waals surface area contributed by atoms with Crippen LogP contribution in [0.3, 0.4) is 0 Å². The molecule has 0 aliphatic heterocycles. The highest BCUT2D eigenvalue weighted by Crippen LogP contribution is 2.25. The molecule has 0 atom stereocenters. The quantitative estimate of drug-likeness (QED) is 0.640. The van der Waals surface area contributed by atoms with Gasteiger partial charge in [0.05, 0.1) is 17.6 Å². The first-order chi connectivity index (χ1) is 7.84. The predicted octanol–water partition coefficient (Wildman–Crippen LogP) is 1.60. The summed E-state index contributed by atoms with van der Waals surface area (Å²) in [6.07, 6.45) is 5.07. The van der Waals surface area contributed by atoms with Crippen LogP contribution in [0, 0.1) is 0 Å². The first-order valence-electron chi connectivity index (χ1n) is 4.84. The van der Waals surface area contributed by atoms with Gasteiger partial charge < -0.3 is 5.73 Å². The van der Waals surface area contributed by atoms with Crippen molar-refractivity contribution in [2.45, 2.75) is 0 Å². The van der Waals surface area contributed by atoms with Gasteiger partial charge in [0.25, 0.3) is 0 Å². The molecule has 3 N–H and O–H groups in total. The van der Waals surface area contributed by atoms with E-state index in [1.807, 2.05) is 18.2 Å². The number of anilines is 1. The first-order valence-corrected chi connectivity index (χ1v) is 4.84. The van der Waals surface area contributed by atoms with Crippen LogP contribution in [0.5, 0.6) is 0 Å². The van der Waals surface area contributed by atoms with Gasteiger partial charge in [-0.05, 0) is 18.2 Å². The van der Waals surface area contributed by atoms with Crippen LogP contribution in [0.15, 0.2) is 36.8 Å². The van der Waals surface area contributed by atoms with Gasteiger partial charge in [0, 0.05) is 23.3 Å². The number of aromatic amines is 1. The molecule has 0 amide bonds. The Bertz CT molecular complexity index is 629. The molecule has 78 valence electrons. The summed E-state index contributed by atoms with van der Waals surface area (Å²) in [5.41, 5.74) is 8.94. The van der Waals surface area contributed by atoms with Crippen LogP contribution in [-0.2, 0) is 0 Å². The van der Waals surface area contributed by atoms with Gasteiger partial charge >= 0.3 is 0 Å². The Morgan fingerprint density at radius 1 is 1.19 bits per heavy atom. The van der Waals surface area contributed by atoms with Crippen LogP contribution in [0.2, 0.25) is 0 Å². The fourth-order valence-corrected chi connectivity index (χ4v) is 1.65. The molecule has 0 spiro atoms. The number of nitrogens with two attached hydrogens (primary N) is 1. The van der Waals surface area contributed by atoms with Crippen LogP contribution in [-0.4, -0.2) is 20.2 Å². The lowest BCUT2D eigenvalue weighted by Gasteiger charge is -1.97. The third-order valence-electron chi connectivity index (χ3n) is 2.40. The molecule has 0 saturated carbocycles. The van der Waals surface area contributed by atoms with E-state index in [-0.39, 0.29) is 0 Å². The molecule has 3 aromatic rings. The Hall–Kier alpha value is -2.43. The summed E-state index contributed by atoms with van der Waals surface area (Å²) in [6.45, 7) is 0. The van der Waals surface area contributed by atoms with E-state index in [4.69, 9.17) is 5.73 Å². The second-order valence-corrected chi connectivity index (χ2v) is 3.47. The average molecular weight is 211 g/mol. The van der Waals surface area contributed by atoms with Crippen molar-refractivity contribution in [1.82, 2.24) is 20.2 Å². The highest BCUT2D eigenvalue weighted by atomic mass is 15.1. The number of nitrogens with zero attached hydrogens (tertiary/aromatic N) is 3. The number of fused-ring (bicyclic) bond motifs is 1. The maximum absolute atomic E-state index is 5.71. The highest BCUT2D eigenvalue weighted by molar-refractivity contribution is 5.92. The fraction of sp³-hybridized carbons (Fsp3) is 0. The van der Waals surface area contributed by atoms with Gasteiger partial charge in [-0.2, -0.15) is 5.10 Å². The van der Waals surface area contributed by atoms with Gasteiger partial charge in [-0.3, -0.25) is 10.1 Å². The summed E-state index contributed by atoms with van der Waals surface area (Å²) in [5, 5.41) is 8.01. The van der Waals surface area contributed by atoms with Crippen LogP contribution in [0.1, 0.15) is 0 Å². The molecule has 0 fully saturated rings. The maximum Gasteiger partial charge on any atom is 0.181 e. The molecule has 0 aromatic carbocycles. The smallest absolute Gasteiger partial charge is 0.181 e. The fourth-order valence-electron chi connectivity index (χ4n) is 1.65. The summed E-state index contributed by atoms with van der Waals surface area (Å²) in [4.78, 5) is 8.12. The minimum Gasteiger partial charge on any atom is -0.397 e. The third kappa shape index (κ3) is 1.30. The first kappa shape index (κ1) is 8.84. The van der Waals surface area contributed by atoms with Crippen LogP contribution in [0.25, 0.3) is 22.3 Å². The van der Waals surface area contributed by atoms with Gasteiger partial charge in [0.1, 0.15) is 0 Å². The summed E-state index contributed by atoms with van der Waals surface area (Å²) >= 11 is 0. The Labute approximate surface area is 91.3 Å².